The monoisotopic (exact) mass is 362 g/mol. The van der Waals surface area contributed by atoms with Crippen molar-refractivity contribution in [2.45, 2.75) is 4.90 Å². The molecule has 122 valence electrons. The van der Waals surface area contributed by atoms with Gasteiger partial charge >= 0.3 is 0 Å². The van der Waals surface area contributed by atoms with E-state index >= 15 is 0 Å². The van der Waals surface area contributed by atoms with Gasteiger partial charge in [-0.25, -0.2) is 8.42 Å². The highest BCUT2D eigenvalue weighted by molar-refractivity contribution is 7.95. The van der Waals surface area contributed by atoms with Gasteiger partial charge in [-0.05, 0) is 36.4 Å². The molecule has 0 saturated carbocycles. The molecule has 0 aromatic heterocycles. The smallest absolute Gasteiger partial charge is 0.231 e. The van der Waals surface area contributed by atoms with E-state index < -0.39 is 14.7 Å². The van der Waals surface area contributed by atoms with Gasteiger partial charge in [0.2, 0.25) is 16.6 Å². The number of hydrogen-bond acceptors (Lipinski definition) is 6. The highest BCUT2D eigenvalue weighted by Gasteiger charge is 2.21. The topological polar surface area (TPSA) is 88.4 Å². The Labute approximate surface area is 143 Å². The first kappa shape index (κ1) is 16.2. The molecule has 1 aliphatic heterocycles. The molecule has 0 aliphatic carbocycles. The number of fused-ring (bicyclic) bond motifs is 1. The molecule has 1 N–H and O–H groups in total. The van der Waals surface area contributed by atoms with Crippen molar-refractivity contribution >= 4 is 27.1 Å². The van der Waals surface area contributed by atoms with Crippen molar-refractivity contribution in [1.82, 2.24) is 0 Å². The van der Waals surface area contributed by atoms with Gasteiger partial charge < -0.3 is 14.8 Å². The molecule has 2 aromatic carbocycles. The van der Waals surface area contributed by atoms with Gasteiger partial charge in [-0.1, -0.05) is 11.6 Å². The molecule has 0 atom stereocenters. The van der Waals surface area contributed by atoms with Crippen LogP contribution in [0.15, 0.2) is 58.5 Å². The molecule has 2 aromatic rings. The third kappa shape index (κ3) is 3.15. The van der Waals surface area contributed by atoms with Crippen LogP contribution in [-0.4, -0.2) is 15.2 Å². The highest BCUT2D eigenvalue weighted by atomic mass is 35.5. The molecule has 1 aliphatic rings. The Morgan fingerprint density at radius 2 is 1.88 bits per heavy atom. The summed E-state index contributed by atoms with van der Waals surface area (Å²) in [5.41, 5.74) is 0.568. The average Bonchev–Trinajstić information content (AvgIpc) is 3.03. The first-order valence-corrected chi connectivity index (χ1v) is 8.64. The zero-order valence-electron chi connectivity index (χ0n) is 12.2. The van der Waals surface area contributed by atoms with Gasteiger partial charge in [0.15, 0.2) is 16.4 Å². The minimum atomic E-state index is -3.93. The lowest BCUT2D eigenvalue weighted by atomic mass is 10.3. The summed E-state index contributed by atoms with van der Waals surface area (Å²) in [6, 6.07) is 12.3. The van der Waals surface area contributed by atoms with Crippen LogP contribution in [0.25, 0.3) is 0 Å². The van der Waals surface area contributed by atoms with Crippen LogP contribution in [0.1, 0.15) is 0 Å². The number of benzene rings is 2. The predicted octanol–water partition coefficient (Wildman–Crippen LogP) is 3.32. The van der Waals surface area contributed by atoms with Crippen LogP contribution >= 0.6 is 11.6 Å². The number of nitriles is 1. The molecule has 0 spiro atoms. The average molecular weight is 363 g/mol. The lowest BCUT2D eigenvalue weighted by Crippen LogP contribution is -2.05. The number of halogens is 1. The molecular weight excluding hydrogens is 352 g/mol. The van der Waals surface area contributed by atoms with E-state index in [0.717, 1.165) is 6.20 Å². The van der Waals surface area contributed by atoms with Crippen molar-refractivity contribution in [3.05, 3.63) is 58.6 Å². The van der Waals surface area contributed by atoms with Crippen molar-refractivity contribution in [1.29, 1.82) is 5.26 Å². The highest BCUT2D eigenvalue weighted by Crippen LogP contribution is 2.34. The molecule has 1 heterocycles. The van der Waals surface area contributed by atoms with E-state index in [9.17, 15) is 13.7 Å². The molecule has 0 bridgehead atoms. The van der Waals surface area contributed by atoms with Crippen LogP contribution in [-0.2, 0) is 9.84 Å². The summed E-state index contributed by atoms with van der Waals surface area (Å²) >= 11 is 5.75. The van der Waals surface area contributed by atoms with Gasteiger partial charge in [-0.15, -0.1) is 0 Å². The summed E-state index contributed by atoms with van der Waals surface area (Å²) in [7, 11) is -3.93. The van der Waals surface area contributed by atoms with Crippen LogP contribution in [0, 0.1) is 11.3 Å². The quantitative estimate of drug-likeness (QED) is 0.839. The van der Waals surface area contributed by atoms with E-state index in [-0.39, 0.29) is 11.7 Å². The van der Waals surface area contributed by atoms with Gasteiger partial charge in [-0.2, -0.15) is 5.26 Å². The Bertz CT molecular complexity index is 947. The Morgan fingerprint density at radius 3 is 2.58 bits per heavy atom. The Kier molecular flexibility index (Phi) is 4.34. The fraction of sp³-hybridized carbons (Fsp3) is 0.0625. The second-order valence-electron chi connectivity index (χ2n) is 4.79. The number of sulfone groups is 1. The number of anilines is 1. The summed E-state index contributed by atoms with van der Waals surface area (Å²) in [5, 5.41) is 12.4. The molecule has 24 heavy (non-hydrogen) atoms. The van der Waals surface area contributed by atoms with E-state index in [1.807, 2.05) is 0 Å². The lowest BCUT2D eigenvalue weighted by Gasteiger charge is -2.05. The number of ether oxygens (including phenoxy) is 2. The van der Waals surface area contributed by atoms with E-state index in [4.69, 9.17) is 21.1 Å². The minimum absolute atomic E-state index is 0.00723. The number of nitrogens with zero attached hydrogens (tertiary/aromatic N) is 1. The third-order valence-electron chi connectivity index (χ3n) is 3.27. The minimum Gasteiger partial charge on any atom is -0.454 e. The Balaban J connectivity index is 1.87. The fourth-order valence-corrected chi connectivity index (χ4v) is 3.25. The van der Waals surface area contributed by atoms with E-state index in [1.54, 1.807) is 24.3 Å². The largest absolute Gasteiger partial charge is 0.454 e. The molecule has 0 amide bonds. The summed E-state index contributed by atoms with van der Waals surface area (Å²) in [5.74, 6) is 1.16. The van der Waals surface area contributed by atoms with Crippen molar-refractivity contribution in [2.75, 3.05) is 12.1 Å². The summed E-state index contributed by atoms with van der Waals surface area (Å²) in [6.45, 7) is 0.142. The maximum Gasteiger partial charge on any atom is 0.231 e. The molecular formula is C16H11ClN2O4S. The first-order chi connectivity index (χ1) is 11.5. The van der Waals surface area contributed by atoms with E-state index in [2.05, 4.69) is 5.32 Å². The molecule has 0 radical (unpaired) electrons. The lowest BCUT2D eigenvalue weighted by molar-refractivity contribution is 0.174. The maximum absolute atomic E-state index is 12.5. The Morgan fingerprint density at radius 1 is 1.17 bits per heavy atom. The predicted molar refractivity (Wildman–Crippen MR) is 88.5 cm³/mol. The molecule has 0 unspecified atom stereocenters. The van der Waals surface area contributed by atoms with Gasteiger partial charge in [0, 0.05) is 23.0 Å². The van der Waals surface area contributed by atoms with Crippen molar-refractivity contribution < 1.29 is 17.9 Å². The summed E-state index contributed by atoms with van der Waals surface area (Å²) < 4.78 is 35.4. The van der Waals surface area contributed by atoms with Crippen molar-refractivity contribution in [3.63, 3.8) is 0 Å². The number of hydrogen-bond donors (Lipinski definition) is 1. The molecule has 6 nitrogen and oxygen atoms in total. The van der Waals surface area contributed by atoms with Crippen LogP contribution in [0.5, 0.6) is 11.5 Å². The van der Waals surface area contributed by atoms with Gasteiger partial charge in [0.25, 0.3) is 0 Å². The van der Waals surface area contributed by atoms with Gasteiger partial charge in [0.05, 0.1) is 4.90 Å². The number of nitrogens with one attached hydrogen (secondary N) is 1. The maximum atomic E-state index is 12.5. The third-order valence-corrected chi connectivity index (χ3v) is 5.20. The van der Waals surface area contributed by atoms with Crippen molar-refractivity contribution in [3.8, 4) is 17.6 Å². The molecule has 3 rings (SSSR count). The zero-order valence-corrected chi connectivity index (χ0v) is 13.8. The normalized spacial score (nSPS) is 13.4. The van der Waals surface area contributed by atoms with Crippen LogP contribution < -0.4 is 14.8 Å². The van der Waals surface area contributed by atoms with E-state index in [1.165, 1.54) is 24.3 Å². The second kappa shape index (κ2) is 6.43. The Hall–Kier alpha value is -2.69. The standard InChI is InChI=1S/C16H11ClN2O4S/c17-11-1-4-13(5-2-11)24(20,21)14(8-18)9-19-12-3-6-15-16(7-12)23-10-22-15/h1-7,9,19H,10H2/b14-9-. The van der Waals surface area contributed by atoms with Crippen LogP contribution in [0.2, 0.25) is 5.02 Å². The van der Waals surface area contributed by atoms with Crippen LogP contribution in [0.4, 0.5) is 5.69 Å². The molecule has 0 fully saturated rings. The second-order valence-corrected chi connectivity index (χ2v) is 7.14. The summed E-state index contributed by atoms with van der Waals surface area (Å²) in [4.78, 5) is -0.422. The molecule has 0 saturated heterocycles. The van der Waals surface area contributed by atoms with E-state index in [0.29, 0.717) is 22.2 Å². The molecule has 8 heteroatoms. The summed E-state index contributed by atoms with van der Waals surface area (Å²) in [6.07, 6.45) is 1.14. The number of rotatable bonds is 4. The van der Waals surface area contributed by atoms with Gasteiger partial charge in [-0.3, -0.25) is 0 Å². The SMILES string of the molecule is N#C/C(=C/Nc1ccc2c(c1)OCO2)S(=O)(=O)c1ccc(Cl)cc1. The van der Waals surface area contributed by atoms with Crippen LogP contribution in [0.3, 0.4) is 0 Å². The zero-order chi connectivity index (χ0) is 17.2. The fourth-order valence-electron chi connectivity index (χ4n) is 2.05. The first-order valence-electron chi connectivity index (χ1n) is 6.78. The van der Waals surface area contributed by atoms with Gasteiger partial charge in [0.1, 0.15) is 6.07 Å². The van der Waals surface area contributed by atoms with Crippen molar-refractivity contribution in [2.24, 2.45) is 0 Å². The number of allylic oxidation sites excluding steroid dienone is 1.